The van der Waals surface area contributed by atoms with E-state index in [-0.39, 0.29) is 36.7 Å². The molecule has 3 unspecified atom stereocenters. The number of aliphatic carboxylic acids is 1. The normalized spacial score (nSPS) is 21.8. The van der Waals surface area contributed by atoms with Gasteiger partial charge in [-0.3, -0.25) is 14.5 Å². The van der Waals surface area contributed by atoms with Crippen LogP contribution in [-0.2, 0) is 20.9 Å². The number of benzene rings is 3. The van der Waals surface area contributed by atoms with Gasteiger partial charge in [0.2, 0.25) is 5.91 Å². The third kappa shape index (κ3) is 5.63. The molecular weight excluding hydrogens is 530 g/mol. The molecule has 8 nitrogen and oxygen atoms in total. The zero-order valence-corrected chi connectivity index (χ0v) is 23.9. The minimum absolute atomic E-state index is 0.0103. The summed E-state index contributed by atoms with van der Waals surface area (Å²) in [6.07, 6.45) is -0.921. The van der Waals surface area contributed by atoms with Crippen molar-refractivity contribution in [2.75, 3.05) is 32.8 Å². The van der Waals surface area contributed by atoms with E-state index in [2.05, 4.69) is 53.5 Å². The molecule has 8 heteroatoms. The Morgan fingerprint density at radius 3 is 2.21 bits per heavy atom. The number of likely N-dealkylation sites (tertiary alicyclic amines) is 2. The van der Waals surface area contributed by atoms with Gasteiger partial charge >= 0.3 is 12.1 Å². The number of carbonyl (C=O) groups excluding carboxylic acids is 2. The molecule has 3 aromatic rings. The molecule has 3 atom stereocenters. The lowest BCUT2D eigenvalue weighted by atomic mass is 9.83. The highest BCUT2D eigenvalue weighted by molar-refractivity contribution is 5.86. The Kier molecular flexibility index (Phi) is 7.73. The number of carboxylic acid groups (broad SMARTS) is 1. The fourth-order valence-corrected chi connectivity index (χ4v) is 7.12. The van der Waals surface area contributed by atoms with E-state index in [1.54, 1.807) is 4.90 Å². The number of alkyl carbamates (subject to hydrolysis) is 1. The molecule has 2 heterocycles. The SMILES string of the molecule is CC12CN(Cc3ccccc3)CC1CN(C(=O)C(CCC(=O)O)NC(=O)OCC1c3ccccc3-c3ccccc31)C2. The van der Waals surface area contributed by atoms with Gasteiger partial charge in [-0.25, -0.2) is 4.79 Å². The fourth-order valence-electron chi connectivity index (χ4n) is 7.12. The van der Waals surface area contributed by atoms with Crippen molar-refractivity contribution in [3.8, 4) is 11.1 Å². The molecule has 0 saturated carbocycles. The van der Waals surface area contributed by atoms with Crippen molar-refractivity contribution in [3.05, 3.63) is 95.6 Å². The molecule has 0 spiro atoms. The van der Waals surface area contributed by atoms with E-state index in [0.29, 0.717) is 19.0 Å². The average Bonchev–Trinajstić information content (AvgIpc) is 3.59. The summed E-state index contributed by atoms with van der Waals surface area (Å²) >= 11 is 0. The second-order valence-electron chi connectivity index (χ2n) is 12.2. The molecule has 42 heavy (non-hydrogen) atoms. The number of hydrogen-bond acceptors (Lipinski definition) is 5. The lowest BCUT2D eigenvalue weighted by Gasteiger charge is -2.28. The van der Waals surface area contributed by atoms with E-state index < -0.39 is 18.1 Å². The van der Waals surface area contributed by atoms with Gasteiger partial charge in [0, 0.05) is 50.5 Å². The summed E-state index contributed by atoms with van der Waals surface area (Å²) in [5.41, 5.74) is 5.69. The molecular formula is C34H37N3O5. The van der Waals surface area contributed by atoms with Gasteiger partial charge < -0.3 is 20.1 Å². The predicted molar refractivity (Wildman–Crippen MR) is 159 cm³/mol. The molecule has 218 valence electrons. The van der Waals surface area contributed by atoms with Crippen LogP contribution in [0.4, 0.5) is 4.79 Å². The smallest absolute Gasteiger partial charge is 0.407 e. The lowest BCUT2D eigenvalue weighted by molar-refractivity contribution is -0.138. The molecule has 1 aliphatic carbocycles. The number of ether oxygens (including phenoxy) is 1. The largest absolute Gasteiger partial charge is 0.481 e. The Morgan fingerprint density at radius 1 is 0.929 bits per heavy atom. The second-order valence-corrected chi connectivity index (χ2v) is 12.2. The van der Waals surface area contributed by atoms with Crippen LogP contribution in [0, 0.1) is 11.3 Å². The summed E-state index contributed by atoms with van der Waals surface area (Å²) in [5, 5.41) is 12.0. The number of nitrogens with one attached hydrogen (secondary N) is 1. The second kappa shape index (κ2) is 11.6. The van der Waals surface area contributed by atoms with Crippen molar-refractivity contribution in [3.63, 3.8) is 0 Å². The molecule has 2 fully saturated rings. The van der Waals surface area contributed by atoms with Gasteiger partial charge in [0.1, 0.15) is 12.6 Å². The summed E-state index contributed by atoms with van der Waals surface area (Å²) in [6, 6.07) is 25.6. The third-order valence-electron chi connectivity index (χ3n) is 9.18. The quantitative estimate of drug-likeness (QED) is 0.388. The standard InChI is InChI=1S/C34H37N3O5/c1-34-21-36(17-23-9-3-2-4-10-23)18-24(34)19-37(22-34)32(40)30(15-16-31(38)39)35-33(41)42-20-29-27-13-7-5-11-25(27)26-12-6-8-14-28(26)29/h2-14,24,29-30H,15-22H2,1H3,(H,35,41)(H,38,39). The van der Waals surface area contributed by atoms with Gasteiger partial charge in [0.15, 0.2) is 0 Å². The van der Waals surface area contributed by atoms with Crippen LogP contribution in [0.3, 0.4) is 0 Å². The van der Waals surface area contributed by atoms with Crippen molar-refractivity contribution in [2.45, 2.75) is 38.3 Å². The summed E-state index contributed by atoms with van der Waals surface area (Å²) < 4.78 is 5.68. The number of rotatable bonds is 9. The molecule has 3 aliphatic rings. The average molecular weight is 568 g/mol. The Bertz CT molecular complexity index is 1430. The number of carboxylic acids is 1. The molecule has 2 aliphatic heterocycles. The molecule has 2 N–H and O–H groups in total. The first kappa shape index (κ1) is 28.0. The maximum Gasteiger partial charge on any atom is 0.407 e. The minimum Gasteiger partial charge on any atom is -0.481 e. The van der Waals surface area contributed by atoms with Gasteiger partial charge in [0.25, 0.3) is 0 Å². The Balaban J connectivity index is 1.08. The van der Waals surface area contributed by atoms with E-state index in [4.69, 9.17) is 4.74 Å². The van der Waals surface area contributed by atoms with Crippen LogP contribution >= 0.6 is 0 Å². The molecule has 3 aromatic carbocycles. The Labute approximate surface area is 246 Å². The number of fused-ring (bicyclic) bond motifs is 4. The molecule has 6 rings (SSSR count). The summed E-state index contributed by atoms with van der Waals surface area (Å²) in [6.45, 7) is 6.19. The highest BCUT2D eigenvalue weighted by Gasteiger charge is 2.51. The van der Waals surface area contributed by atoms with Crippen molar-refractivity contribution >= 4 is 18.0 Å². The first-order valence-electron chi connectivity index (χ1n) is 14.7. The Morgan fingerprint density at radius 2 is 1.57 bits per heavy atom. The highest BCUT2D eigenvalue weighted by atomic mass is 16.5. The van der Waals surface area contributed by atoms with Gasteiger partial charge in [-0.05, 0) is 40.2 Å². The zero-order chi connectivity index (χ0) is 29.3. The third-order valence-corrected chi connectivity index (χ3v) is 9.18. The van der Waals surface area contributed by atoms with Crippen LogP contribution < -0.4 is 5.32 Å². The van der Waals surface area contributed by atoms with Crippen LogP contribution in [-0.4, -0.2) is 71.7 Å². The van der Waals surface area contributed by atoms with Gasteiger partial charge in [-0.15, -0.1) is 0 Å². The molecule has 0 bridgehead atoms. The molecule has 0 radical (unpaired) electrons. The molecule has 2 amide bonds. The van der Waals surface area contributed by atoms with Crippen LogP contribution in [0.5, 0.6) is 0 Å². The monoisotopic (exact) mass is 567 g/mol. The van der Waals surface area contributed by atoms with E-state index in [0.717, 1.165) is 41.9 Å². The predicted octanol–water partition coefficient (Wildman–Crippen LogP) is 4.74. The van der Waals surface area contributed by atoms with Gasteiger partial charge in [-0.1, -0.05) is 85.8 Å². The van der Waals surface area contributed by atoms with Crippen LogP contribution in [0.2, 0.25) is 0 Å². The summed E-state index contributed by atoms with van der Waals surface area (Å²) in [5.74, 6) is -1.04. The van der Waals surface area contributed by atoms with E-state index in [1.807, 2.05) is 42.5 Å². The maximum absolute atomic E-state index is 13.7. The number of amides is 2. The number of nitrogens with zero attached hydrogens (tertiary/aromatic N) is 2. The van der Waals surface area contributed by atoms with Crippen LogP contribution in [0.1, 0.15) is 42.4 Å². The lowest BCUT2D eigenvalue weighted by Crippen LogP contribution is -2.49. The number of hydrogen-bond donors (Lipinski definition) is 2. The first-order chi connectivity index (χ1) is 20.3. The number of carbonyl (C=O) groups is 3. The van der Waals surface area contributed by atoms with Gasteiger partial charge in [-0.2, -0.15) is 0 Å². The fraction of sp³-hybridized carbons (Fsp3) is 0.382. The topological polar surface area (TPSA) is 99.2 Å². The van der Waals surface area contributed by atoms with E-state index in [9.17, 15) is 19.5 Å². The van der Waals surface area contributed by atoms with E-state index in [1.165, 1.54) is 5.56 Å². The zero-order valence-electron chi connectivity index (χ0n) is 23.9. The van der Waals surface area contributed by atoms with Crippen molar-refractivity contribution in [1.29, 1.82) is 0 Å². The van der Waals surface area contributed by atoms with Crippen LogP contribution in [0.15, 0.2) is 78.9 Å². The van der Waals surface area contributed by atoms with Crippen LogP contribution in [0.25, 0.3) is 11.1 Å². The van der Waals surface area contributed by atoms with E-state index >= 15 is 0 Å². The summed E-state index contributed by atoms with van der Waals surface area (Å²) in [4.78, 5) is 42.3. The maximum atomic E-state index is 13.7. The Hall–Kier alpha value is -4.17. The summed E-state index contributed by atoms with van der Waals surface area (Å²) in [7, 11) is 0. The van der Waals surface area contributed by atoms with Gasteiger partial charge in [0.05, 0.1) is 0 Å². The van der Waals surface area contributed by atoms with Crippen molar-refractivity contribution < 1.29 is 24.2 Å². The molecule has 0 aromatic heterocycles. The highest BCUT2D eigenvalue weighted by Crippen LogP contribution is 2.45. The first-order valence-corrected chi connectivity index (χ1v) is 14.7. The molecule has 2 saturated heterocycles. The van der Waals surface area contributed by atoms with Crippen molar-refractivity contribution in [1.82, 2.24) is 15.1 Å². The minimum atomic E-state index is -1.01. The van der Waals surface area contributed by atoms with Crippen molar-refractivity contribution in [2.24, 2.45) is 11.3 Å².